The highest BCUT2D eigenvalue weighted by molar-refractivity contribution is 6.04. The summed E-state index contributed by atoms with van der Waals surface area (Å²) < 4.78 is 4.85. The molecule has 0 fully saturated rings. The van der Waals surface area contributed by atoms with Crippen molar-refractivity contribution in [3.63, 3.8) is 0 Å². The summed E-state index contributed by atoms with van der Waals surface area (Å²) >= 11 is 0. The maximum absolute atomic E-state index is 12.0. The highest BCUT2D eigenvalue weighted by Gasteiger charge is 2.10. The van der Waals surface area contributed by atoms with Gasteiger partial charge in [-0.15, -0.1) is 0 Å². The van der Waals surface area contributed by atoms with Crippen molar-refractivity contribution in [2.24, 2.45) is 0 Å². The Kier molecular flexibility index (Phi) is 2.57. The molecule has 0 atom stereocenters. The molecule has 3 aromatic rings. The normalized spacial score (nSPS) is 10.5. The Hall–Kier alpha value is -2.96. The fourth-order valence-corrected chi connectivity index (χ4v) is 1.63. The lowest BCUT2D eigenvalue weighted by molar-refractivity contribution is 0.102. The number of carbonyl (C=O) groups excluding carboxylic acids is 1. The predicted octanol–water partition coefficient (Wildman–Crippen LogP) is 1.16. The second kappa shape index (κ2) is 4.37. The number of aromatic nitrogens is 3. The summed E-state index contributed by atoms with van der Waals surface area (Å²) in [4.78, 5) is 33.2. The minimum absolute atomic E-state index is 0.216. The van der Waals surface area contributed by atoms with E-state index in [1.807, 2.05) is 0 Å². The maximum atomic E-state index is 12.0. The summed E-state index contributed by atoms with van der Waals surface area (Å²) in [7, 11) is 0. The van der Waals surface area contributed by atoms with E-state index in [2.05, 4.69) is 20.3 Å². The number of fused-ring (bicyclic) bond motifs is 1. The van der Waals surface area contributed by atoms with Crippen LogP contribution in [-0.4, -0.2) is 20.9 Å². The molecule has 0 saturated carbocycles. The molecule has 3 rings (SSSR count). The standard InChI is InChI=1S/C12H8N4O3/c17-10(16-11-13-4-1-5-14-11)7-2-3-9-8(6-7)15-12(18)19-9/h1-6H,(H,15,18)(H,13,14,16,17). The van der Waals surface area contributed by atoms with E-state index in [0.29, 0.717) is 16.7 Å². The van der Waals surface area contributed by atoms with Crippen LogP contribution in [0, 0.1) is 0 Å². The number of nitrogens with zero attached hydrogens (tertiary/aromatic N) is 2. The van der Waals surface area contributed by atoms with Crippen LogP contribution < -0.4 is 11.1 Å². The molecule has 0 unspecified atom stereocenters. The lowest BCUT2D eigenvalue weighted by Crippen LogP contribution is -2.13. The van der Waals surface area contributed by atoms with E-state index in [0.717, 1.165) is 0 Å². The van der Waals surface area contributed by atoms with Crippen LogP contribution in [0.2, 0.25) is 0 Å². The molecule has 0 spiro atoms. The minimum atomic E-state index is -0.557. The van der Waals surface area contributed by atoms with Crippen molar-refractivity contribution in [2.45, 2.75) is 0 Å². The van der Waals surface area contributed by atoms with Crippen molar-refractivity contribution >= 4 is 23.0 Å². The number of nitrogens with one attached hydrogen (secondary N) is 2. The van der Waals surface area contributed by atoms with Crippen molar-refractivity contribution < 1.29 is 9.21 Å². The number of benzene rings is 1. The third-order valence-corrected chi connectivity index (χ3v) is 2.47. The fourth-order valence-electron chi connectivity index (χ4n) is 1.63. The van der Waals surface area contributed by atoms with Gasteiger partial charge in [0.2, 0.25) is 5.95 Å². The van der Waals surface area contributed by atoms with Gasteiger partial charge < -0.3 is 4.42 Å². The first-order chi connectivity index (χ1) is 9.22. The van der Waals surface area contributed by atoms with Crippen LogP contribution in [0.3, 0.4) is 0 Å². The van der Waals surface area contributed by atoms with Gasteiger partial charge in [0.05, 0.1) is 5.52 Å². The van der Waals surface area contributed by atoms with E-state index >= 15 is 0 Å². The zero-order valence-electron chi connectivity index (χ0n) is 9.58. The van der Waals surface area contributed by atoms with Crippen LogP contribution in [0.5, 0.6) is 0 Å². The van der Waals surface area contributed by atoms with Gasteiger partial charge in [0.1, 0.15) is 0 Å². The lowest BCUT2D eigenvalue weighted by atomic mass is 10.2. The molecule has 94 valence electrons. The maximum Gasteiger partial charge on any atom is 0.417 e. The van der Waals surface area contributed by atoms with Gasteiger partial charge in [-0.25, -0.2) is 14.8 Å². The van der Waals surface area contributed by atoms with Gasteiger partial charge >= 0.3 is 5.76 Å². The van der Waals surface area contributed by atoms with Gasteiger partial charge in [0.25, 0.3) is 5.91 Å². The number of aromatic amines is 1. The Bertz CT molecular complexity index is 791. The van der Waals surface area contributed by atoms with Crippen LogP contribution in [0.1, 0.15) is 10.4 Å². The number of carbonyl (C=O) groups is 1. The smallest absolute Gasteiger partial charge is 0.408 e. The SMILES string of the molecule is O=C(Nc1ncccn1)c1ccc2oc(=O)[nH]c2c1. The van der Waals surface area contributed by atoms with E-state index in [-0.39, 0.29) is 11.9 Å². The first-order valence-electron chi connectivity index (χ1n) is 5.43. The van der Waals surface area contributed by atoms with E-state index < -0.39 is 5.76 Å². The molecule has 7 heteroatoms. The molecule has 7 nitrogen and oxygen atoms in total. The second-order valence-corrected chi connectivity index (χ2v) is 3.75. The summed E-state index contributed by atoms with van der Waals surface area (Å²) in [5.41, 5.74) is 1.24. The number of hydrogen-bond acceptors (Lipinski definition) is 5. The van der Waals surface area contributed by atoms with Crippen molar-refractivity contribution in [3.05, 3.63) is 52.8 Å². The third-order valence-electron chi connectivity index (χ3n) is 2.47. The fraction of sp³-hybridized carbons (Fsp3) is 0. The van der Waals surface area contributed by atoms with Gasteiger partial charge in [-0.05, 0) is 24.3 Å². The first-order valence-corrected chi connectivity index (χ1v) is 5.43. The first kappa shape index (κ1) is 11.1. The lowest BCUT2D eigenvalue weighted by Gasteiger charge is -2.02. The molecule has 0 radical (unpaired) electrons. The van der Waals surface area contributed by atoms with Crippen LogP contribution in [0.25, 0.3) is 11.1 Å². The molecule has 2 N–H and O–H groups in total. The summed E-state index contributed by atoms with van der Waals surface area (Å²) in [6, 6.07) is 6.28. The Morgan fingerprint density at radius 3 is 2.84 bits per heavy atom. The van der Waals surface area contributed by atoms with Crippen molar-refractivity contribution in [3.8, 4) is 0 Å². The Morgan fingerprint density at radius 2 is 2.05 bits per heavy atom. The van der Waals surface area contributed by atoms with Gasteiger partial charge in [0.15, 0.2) is 5.58 Å². The van der Waals surface area contributed by atoms with Gasteiger partial charge in [0, 0.05) is 18.0 Å². The molecule has 2 aromatic heterocycles. The van der Waals surface area contributed by atoms with E-state index in [1.165, 1.54) is 18.5 Å². The molecule has 0 aliphatic carbocycles. The Balaban J connectivity index is 1.91. The van der Waals surface area contributed by atoms with Crippen molar-refractivity contribution in [1.82, 2.24) is 15.0 Å². The molecule has 2 heterocycles. The van der Waals surface area contributed by atoms with Crippen LogP contribution >= 0.6 is 0 Å². The zero-order valence-corrected chi connectivity index (χ0v) is 9.58. The number of oxazole rings is 1. The predicted molar refractivity (Wildman–Crippen MR) is 66.8 cm³/mol. The monoisotopic (exact) mass is 256 g/mol. The number of hydrogen-bond donors (Lipinski definition) is 2. The quantitative estimate of drug-likeness (QED) is 0.716. The molecule has 1 amide bonds. The third kappa shape index (κ3) is 2.21. The van der Waals surface area contributed by atoms with Gasteiger partial charge in [-0.2, -0.15) is 0 Å². The second-order valence-electron chi connectivity index (χ2n) is 3.75. The molecule has 0 saturated heterocycles. The summed E-state index contributed by atoms with van der Waals surface area (Å²) in [6.07, 6.45) is 3.05. The van der Waals surface area contributed by atoms with E-state index in [4.69, 9.17) is 4.42 Å². The summed E-state index contributed by atoms with van der Waals surface area (Å²) in [6.45, 7) is 0. The molecule has 0 bridgehead atoms. The molecular formula is C12H8N4O3. The highest BCUT2D eigenvalue weighted by atomic mass is 16.4. The Labute approximate surface area is 106 Å². The van der Waals surface area contributed by atoms with Gasteiger partial charge in [-0.3, -0.25) is 15.1 Å². The molecule has 0 aliphatic rings. The molecule has 19 heavy (non-hydrogen) atoms. The molecular weight excluding hydrogens is 248 g/mol. The number of rotatable bonds is 2. The average Bonchev–Trinajstić information content (AvgIpc) is 2.78. The van der Waals surface area contributed by atoms with E-state index in [9.17, 15) is 9.59 Å². The summed E-state index contributed by atoms with van der Waals surface area (Å²) in [5, 5.41) is 2.55. The van der Waals surface area contributed by atoms with Crippen LogP contribution in [-0.2, 0) is 0 Å². The molecule has 0 aliphatic heterocycles. The minimum Gasteiger partial charge on any atom is -0.408 e. The van der Waals surface area contributed by atoms with Crippen molar-refractivity contribution in [1.29, 1.82) is 0 Å². The molecule has 1 aromatic carbocycles. The number of H-pyrrole nitrogens is 1. The van der Waals surface area contributed by atoms with E-state index in [1.54, 1.807) is 18.2 Å². The largest absolute Gasteiger partial charge is 0.417 e. The van der Waals surface area contributed by atoms with Crippen LogP contribution in [0.4, 0.5) is 5.95 Å². The highest BCUT2D eigenvalue weighted by Crippen LogP contribution is 2.13. The number of amides is 1. The zero-order chi connectivity index (χ0) is 13.2. The van der Waals surface area contributed by atoms with Crippen molar-refractivity contribution in [2.75, 3.05) is 5.32 Å². The number of anilines is 1. The topological polar surface area (TPSA) is 101 Å². The Morgan fingerprint density at radius 1 is 1.26 bits per heavy atom. The van der Waals surface area contributed by atoms with Gasteiger partial charge in [-0.1, -0.05) is 0 Å². The summed E-state index contributed by atoms with van der Waals surface area (Å²) in [5.74, 6) is -0.706. The van der Waals surface area contributed by atoms with Crippen LogP contribution in [0.15, 0.2) is 45.9 Å². The average molecular weight is 256 g/mol.